The molecule has 0 radical (unpaired) electrons. The highest BCUT2D eigenvalue weighted by Crippen LogP contribution is 2.26. The summed E-state index contributed by atoms with van der Waals surface area (Å²) in [6.07, 6.45) is 2.75. The predicted octanol–water partition coefficient (Wildman–Crippen LogP) is 1.73. The Morgan fingerprint density at radius 3 is 2.88 bits per heavy atom. The lowest BCUT2D eigenvalue weighted by Crippen LogP contribution is -2.07. The Morgan fingerprint density at radius 2 is 2.16 bits per heavy atom. The molecule has 0 aliphatic carbocycles. The Hall–Kier alpha value is -2.98. The average molecular weight is 360 g/mol. The van der Waals surface area contributed by atoms with Crippen LogP contribution < -0.4 is 10.6 Å². The van der Waals surface area contributed by atoms with Crippen molar-refractivity contribution >= 4 is 39.8 Å². The van der Waals surface area contributed by atoms with Gasteiger partial charge in [-0.15, -0.1) is 0 Å². The van der Waals surface area contributed by atoms with E-state index in [1.807, 2.05) is 0 Å². The van der Waals surface area contributed by atoms with Gasteiger partial charge in [-0.25, -0.2) is 14.3 Å². The molecule has 0 bridgehead atoms. The van der Waals surface area contributed by atoms with Gasteiger partial charge < -0.3 is 20.3 Å². The van der Waals surface area contributed by atoms with Gasteiger partial charge in [-0.2, -0.15) is 5.10 Å². The van der Waals surface area contributed by atoms with Crippen molar-refractivity contribution in [2.45, 2.75) is 6.92 Å². The summed E-state index contributed by atoms with van der Waals surface area (Å²) in [5.41, 5.74) is 2.54. The summed E-state index contributed by atoms with van der Waals surface area (Å²) in [4.78, 5) is 15.5. The molecule has 0 spiro atoms. The first-order valence-electron chi connectivity index (χ1n) is 7.19. The molecule has 0 fully saturated rings. The minimum atomic E-state index is -2.20. The van der Waals surface area contributed by atoms with Crippen molar-refractivity contribution < 1.29 is 18.7 Å². The first kappa shape index (κ1) is 16.9. The fraction of sp³-hybridized carbons (Fsp3) is 0.133. The van der Waals surface area contributed by atoms with Crippen LogP contribution in [-0.4, -0.2) is 40.3 Å². The van der Waals surface area contributed by atoms with Crippen molar-refractivity contribution in [2.75, 3.05) is 16.5 Å². The summed E-state index contributed by atoms with van der Waals surface area (Å²) in [5.74, 6) is -0.781. The second kappa shape index (κ2) is 6.87. The molecule has 0 saturated carbocycles. The molecule has 130 valence electrons. The largest absolute Gasteiger partial charge is 0.771 e. The van der Waals surface area contributed by atoms with Crippen LogP contribution in [-0.2, 0) is 11.1 Å². The zero-order valence-corrected chi connectivity index (χ0v) is 13.9. The third-order valence-corrected chi connectivity index (χ3v) is 3.96. The van der Waals surface area contributed by atoms with Gasteiger partial charge in [-0.1, -0.05) is 6.07 Å². The van der Waals surface area contributed by atoms with Gasteiger partial charge >= 0.3 is 5.97 Å². The van der Waals surface area contributed by atoms with Crippen LogP contribution in [0.4, 0.5) is 17.2 Å². The van der Waals surface area contributed by atoms with Gasteiger partial charge in [-0.3, -0.25) is 4.21 Å². The standard InChI is InChI=1S/C15H15N5O4S/c1-9-12(15(21)22)6-20-13(9)14(16-7-18-20)19-11-4-2-3-10(5-11)17-8-25(23)24/h2-7,17H,8H2,1H3,(H,21,22)(H,23,24)(H,16,18,19)/p-1. The van der Waals surface area contributed by atoms with Crippen LogP contribution in [0.3, 0.4) is 0 Å². The molecule has 3 N–H and O–H groups in total. The van der Waals surface area contributed by atoms with Crippen molar-refractivity contribution in [3.63, 3.8) is 0 Å². The molecule has 2 aromatic heterocycles. The van der Waals surface area contributed by atoms with E-state index < -0.39 is 17.0 Å². The summed E-state index contributed by atoms with van der Waals surface area (Å²) in [6.45, 7) is 1.69. The van der Waals surface area contributed by atoms with Crippen LogP contribution in [0, 0.1) is 6.92 Å². The molecule has 1 aromatic carbocycles. The lowest BCUT2D eigenvalue weighted by molar-refractivity contribution is 0.0696. The highest BCUT2D eigenvalue weighted by molar-refractivity contribution is 7.79. The Balaban J connectivity index is 1.94. The summed E-state index contributed by atoms with van der Waals surface area (Å²) in [5, 5.41) is 19.2. The van der Waals surface area contributed by atoms with E-state index >= 15 is 0 Å². The van der Waals surface area contributed by atoms with Gasteiger partial charge in [0.1, 0.15) is 11.8 Å². The number of anilines is 3. The number of nitrogens with zero attached hydrogens (tertiary/aromatic N) is 3. The molecule has 10 heteroatoms. The van der Waals surface area contributed by atoms with Gasteiger partial charge in [-0.05, 0) is 41.8 Å². The number of nitrogens with one attached hydrogen (secondary N) is 2. The van der Waals surface area contributed by atoms with Crippen molar-refractivity contribution in [1.82, 2.24) is 14.6 Å². The van der Waals surface area contributed by atoms with Crippen LogP contribution in [0.25, 0.3) is 5.52 Å². The number of fused-ring (bicyclic) bond motifs is 1. The maximum absolute atomic E-state index is 11.3. The number of aromatic carboxylic acids is 1. The highest BCUT2D eigenvalue weighted by Gasteiger charge is 2.17. The summed E-state index contributed by atoms with van der Waals surface area (Å²) < 4.78 is 22.7. The smallest absolute Gasteiger partial charge is 0.337 e. The van der Waals surface area contributed by atoms with Crippen LogP contribution in [0.15, 0.2) is 36.8 Å². The normalized spacial score (nSPS) is 12.1. The number of carboxylic acids is 1. The molecule has 3 aromatic rings. The summed E-state index contributed by atoms with van der Waals surface area (Å²) in [7, 11) is 0. The summed E-state index contributed by atoms with van der Waals surface area (Å²) >= 11 is -2.20. The molecule has 25 heavy (non-hydrogen) atoms. The second-order valence-corrected chi connectivity index (χ2v) is 6.10. The molecule has 0 amide bonds. The van der Waals surface area contributed by atoms with E-state index in [-0.39, 0.29) is 11.4 Å². The number of carbonyl (C=O) groups is 1. The van der Waals surface area contributed by atoms with Crippen LogP contribution >= 0.6 is 0 Å². The van der Waals surface area contributed by atoms with Crippen molar-refractivity contribution in [3.8, 4) is 0 Å². The number of aromatic nitrogens is 3. The van der Waals surface area contributed by atoms with Crippen LogP contribution in [0.2, 0.25) is 0 Å². The second-order valence-electron chi connectivity index (χ2n) is 5.21. The number of hydrogen-bond acceptors (Lipinski definition) is 7. The molecule has 1 atom stereocenters. The number of aryl methyl sites for hydroxylation is 1. The Labute approximate surface area is 145 Å². The van der Waals surface area contributed by atoms with Gasteiger partial charge in [0.15, 0.2) is 5.82 Å². The maximum atomic E-state index is 11.3. The quantitative estimate of drug-likeness (QED) is 0.566. The predicted molar refractivity (Wildman–Crippen MR) is 91.8 cm³/mol. The lowest BCUT2D eigenvalue weighted by Gasteiger charge is -2.11. The van der Waals surface area contributed by atoms with Crippen molar-refractivity contribution in [3.05, 3.63) is 47.9 Å². The van der Waals surface area contributed by atoms with E-state index in [2.05, 4.69) is 20.7 Å². The van der Waals surface area contributed by atoms with Gasteiger partial charge in [0.2, 0.25) is 0 Å². The monoisotopic (exact) mass is 360 g/mol. The fourth-order valence-corrected chi connectivity index (χ4v) is 2.74. The number of benzene rings is 1. The Bertz CT molecular complexity index is 972. The molecule has 0 aliphatic rings. The SMILES string of the molecule is Cc1c(C(=O)O)cn2ncnc(Nc3cccc(NCS(=O)[O-])c3)c12. The van der Waals surface area contributed by atoms with Gasteiger partial charge in [0.05, 0.1) is 11.4 Å². The molecular formula is C15H14N5O4S-. The minimum Gasteiger partial charge on any atom is -0.771 e. The number of rotatable bonds is 6. The first-order valence-corrected chi connectivity index (χ1v) is 8.43. The minimum absolute atomic E-state index is 0.150. The van der Waals surface area contributed by atoms with Crippen LogP contribution in [0.1, 0.15) is 15.9 Å². The van der Waals surface area contributed by atoms with E-state index in [9.17, 15) is 18.7 Å². The topological polar surface area (TPSA) is 132 Å². The van der Waals surface area contributed by atoms with Crippen molar-refractivity contribution in [2.24, 2.45) is 0 Å². The third-order valence-electron chi connectivity index (χ3n) is 3.58. The van der Waals surface area contributed by atoms with E-state index in [0.29, 0.717) is 28.3 Å². The number of hydrogen-bond donors (Lipinski definition) is 3. The molecule has 9 nitrogen and oxygen atoms in total. The zero-order chi connectivity index (χ0) is 18.0. The number of carboxylic acid groups (broad SMARTS) is 1. The summed E-state index contributed by atoms with van der Waals surface area (Å²) in [6, 6.07) is 7.00. The molecule has 0 saturated heterocycles. The van der Waals surface area contributed by atoms with E-state index in [4.69, 9.17) is 0 Å². The zero-order valence-electron chi connectivity index (χ0n) is 13.1. The molecule has 0 aliphatic heterocycles. The van der Waals surface area contributed by atoms with Gasteiger partial charge in [0, 0.05) is 17.6 Å². The van der Waals surface area contributed by atoms with E-state index in [1.165, 1.54) is 17.0 Å². The molecule has 2 heterocycles. The first-order chi connectivity index (χ1) is 12.0. The average Bonchev–Trinajstić information content (AvgIpc) is 2.92. The molecular weight excluding hydrogens is 346 g/mol. The van der Waals surface area contributed by atoms with Gasteiger partial charge in [0.25, 0.3) is 0 Å². The highest BCUT2D eigenvalue weighted by atomic mass is 32.2. The molecule has 3 rings (SSSR count). The van der Waals surface area contributed by atoms with Crippen molar-refractivity contribution in [1.29, 1.82) is 0 Å². The third kappa shape index (κ3) is 3.59. The van der Waals surface area contributed by atoms with Crippen LogP contribution in [0.5, 0.6) is 0 Å². The Morgan fingerprint density at radius 1 is 1.40 bits per heavy atom. The molecule has 1 unspecified atom stereocenters. The Kier molecular flexibility index (Phi) is 4.63. The van der Waals surface area contributed by atoms with E-state index in [0.717, 1.165) is 0 Å². The maximum Gasteiger partial charge on any atom is 0.337 e. The van der Waals surface area contributed by atoms with E-state index in [1.54, 1.807) is 31.2 Å². The lowest BCUT2D eigenvalue weighted by atomic mass is 10.2. The fourth-order valence-electron chi connectivity index (χ4n) is 2.45.